The first-order valence-electron chi connectivity index (χ1n) is 8.46. The smallest absolute Gasteiger partial charge is 0.347 e. The van der Waals surface area contributed by atoms with Gasteiger partial charge in [0.15, 0.2) is 11.9 Å². The van der Waals surface area contributed by atoms with Gasteiger partial charge in [0.2, 0.25) is 5.78 Å². The maximum absolute atomic E-state index is 12.5. The van der Waals surface area contributed by atoms with Gasteiger partial charge in [0.1, 0.15) is 11.5 Å². The number of benzene rings is 2. The summed E-state index contributed by atoms with van der Waals surface area (Å²) in [5, 5.41) is 0. The summed E-state index contributed by atoms with van der Waals surface area (Å²) >= 11 is 0. The van der Waals surface area contributed by atoms with E-state index in [1.165, 1.54) is 0 Å². The molecule has 0 bridgehead atoms. The summed E-state index contributed by atoms with van der Waals surface area (Å²) < 4.78 is 16.2. The van der Waals surface area contributed by atoms with Crippen LogP contribution in [0.5, 0.6) is 11.5 Å². The highest BCUT2D eigenvalue weighted by Gasteiger charge is 2.28. The molecule has 0 unspecified atom stereocenters. The summed E-state index contributed by atoms with van der Waals surface area (Å²) in [4.78, 5) is 24.2. The summed E-state index contributed by atoms with van der Waals surface area (Å²) in [6.45, 7) is 5.64. The zero-order valence-electron chi connectivity index (χ0n) is 14.9. The van der Waals surface area contributed by atoms with Gasteiger partial charge in [0.05, 0.1) is 12.2 Å². The number of aryl methyl sites for hydroxylation is 1. The third kappa shape index (κ3) is 3.77. The van der Waals surface area contributed by atoms with Crippen LogP contribution in [-0.4, -0.2) is 24.5 Å². The first-order valence-corrected chi connectivity index (χ1v) is 8.46. The molecular weight excluding hydrogens is 332 g/mol. The van der Waals surface area contributed by atoms with E-state index in [1.54, 1.807) is 38.1 Å². The van der Waals surface area contributed by atoms with E-state index in [2.05, 4.69) is 0 Å². The lowest BCUT2D eigenvalue weighted by molar-refractivity contribution is -0.150. The van der Waals surface area contributed by atoms with E-state index in [9.17, 15) is 9.59 Å². The second-order valence-corrected chi connectivity index (χ2v) is 6.02. The second kappa shape index (κ2) is 7.44. The molecule has 0 saturated carbocycles. The third-order valence-electron chi connectivity index (χ3n) is 3.95. The second-order valence-electron chi connectivity index (χ2n) is 6.02. The molecule has 5 nitrogen and oxygen atoms in total. The van der Waals surface area contributed by atoms with E-state index in [1.807, 2.05) is 31.2 Å². The quantitative estimate of drug-likeness (QED) is 0.602. The zero-order valence-corrected chi connectivity index (χ0v) is 14.9. The number of ketones is 1. The highest BCUT2D eigenvalue weighted by molar-refractivity contribution is 6.14. The maximum atomic E-state index is 12.5. The van der Waals surface area contributed by atoms with Crippen LogP contribution in [0.3, 0.4) is 0 Å². The van der Waals surface area contributed by atoms with Crippen LogP contribution >= 0.6 is 0 Å². The van der Waals surface area contributed by atoms with Gasteiger partial charge in [-0.25, -0.2) is 4.79 Å². The van der Waals surface area contributed by atoms with Gasteiger partial charge in [-0.05, 0) is 44.5 Å². The van der Waals surface area contributed by atoms with Gasteiger partial charge in [0, 0.05) is 6.07 Å². The van der Waals surface area contributed by atoms with Crippen LogP contribution in [0.2, 0.25) is 0 Å². The fourth-order valence-electron chi connectivity index (χ4n) is 2.57. The Balaban J connectivity index is 1.77. The minimum Gasteiger partial charge on any atom is -0.479 e. The molecule has 2 aromatic rings. The molecule has 0 aromatic heterocycles. The van der Waals surface area contributed by atoms with E-state index in [0.717, 1.165) is 11.1 Å². The number of carbonyl (C=O) groups is 2. The topological polar surface area (TPSA) is 61.8 Å². The van der Waals surface area contributed by atoms with E-state index < -0.39 is 12.1 Å². The van der Waals surface area contributed by atoms with E-state index in [4.69, 9.17) is 14.2 Å². The van der Waals surface area contributed by atoms with Crippen molar-refractivity contribution in [3.8, 4) is 11.5 Å². The van der Waals surface area contributed by atoms with Gasteiger partial charge in [0.25, 0.3) is 0 Å². The first-order chi connectivity index (χ1) is 12.5. The van der Waals surface area contributed by atoms with Crippen molar-refractivity contribution >= 4 is 17.8 Å². The van der Waals surface area contributed by atoms with E-state index >= 15 is 0 Å². The monoisotopic (exact) mass is 352 g/mol. The lowest BCUT2D eigenvalue weighted by Gasteiger charge is -2.13. The lowest BCUT2D eigenvalue weighted by Crippen LogP contribution is -2.26. The maximum Gasteiger partial charge on any atom is 0.347 e. The molecule has 2 aromatic carbocycles. The molecule has 26 heavy (non-hydrogen) atoms. The predicted octanol–water partition coefficient (Wildman–Crippen LogP) is 3.94. The number of hydrogen-bond donors (Lipinski definition) is 0. The molecule has 0 radical (unpaired) electrons. The minimum atomic E-state index is -0.743. The van der Waals surface area contributed by atoms with Crippen molar-refractivity contribution < 1.29 is 23.8 Å². The van der Waals surface area contributed by atoms with Gasteiger partial charge in [-0.1, -0.05) is 29.8 Å². The molecule has 1 atom stereocenters. The Bertz CT molecular complexity index is 864. The summed E-state index contributed by atoms with van der Waals surface area (Å²) in [6.07, 6.45) is 0.969. The Morgan fingerprint density at radius 1 is 1.19 bits per heavy atom. The number of carbonyl (C=O) groups excluding carboxylic acids is 2. The summed E-state index contributed by atoms with van der Waals surface area (Å²) in [5.74, 6) is 0.505. The Labute approximate surface area is 152 Å². The van der Waals surface area contributed by atoms with Crippen LogP contribution in [-0.2, 0) is 9.53 Å². The van der Waals surface area contributed by atoms with Crippen LogP contribution in [0.1, 0.15) is 35.3 Å². The molecule has 1 heterocycles. The standard InChI is InChI=1S/C21H20O5/c1-4-24-21(23)14(3)25-16-9-10-17-18(12-16)26-19(20(17)22)11-15-7-5-13(2)6-8-15/h5-12,14H,4H2,1-3H3/b19-11-/t14-/m0/s1. The van der Waals surface area contributed by atoms with E-state index in [-0.39, 0.29) is 11.5 Å². The number of Topliss-reactive ketones (excluding diaryl/α,β-unsaturated/α-hetero) is 1. The number of allylic oxidation sites excluding steroid dienone is 1. The molecule has 1 aliphatic rings. The van der Waals surface area contributed by atoms with Crippen molar-refractivity contribution in [1.82, 2.24) is 0 Å². The van der Waals surface area contributed by atoms with Gasteiger partial charge in [-0.2, -0.15) is 0 Å². The van der Waals surface area contributed by atoms with Gasteiger partial charge >= 0.3 is 5.97 Å². The first kappa shape index (κ1) is 17.7. The van der Waals surface area contributed by atoms with Crippen LogP contribution in [0.25, 0.3) is 6.08 Å². The summed E-state index contributed by atoms with van der Waals surface area (Å²) in [6, 6.07) is 12.7. The number of rotatable bonds is 5. The number of esters is 1. The van der Waals surface area contributed by atoms with Crippen molar-refractivity contribution in [2.45, 2.75) is 26.9 Å². The van der Waals surface area contributed by atoms with Crippen LogP contribution in [0.15, 0.2) is 48.2 Å². The molecular formula is C21H20O5. The zero-order chi connectivity index (χ0) is 18.7. The average molecular weight is 352 g/mol. The number of ether oxygens (including phenoxy) is 3. The van der Waals surface area contributed by atoms with Crippen molar-refractivity contribution in [2.75, 3.05) is 6.61 Å². The normalized spacial score (nSPS) is 15.3. The van der Waals surface area contributed by atoms with Crippen molar-refractivity contribution in [3.63, 3.8) is 0 Å². The molecule has 1 aliphatic heterocycles. The van der Waals surface area contributed by atoms with Gasteiger partial charge in [-0.15, -0.1) is 0 Å². The van der Waals surface area contributed by atoms with Crippen LogP contribution < -0.4 is 9.47 Å². The Hall–Kier alpha value is -3.08. The Morgan fingerprint density at radius 2 is 1.92 bits per heavy atom. The molecule has 0 N–H and O–H groups in total. The molecule has 134 valence electrons. The van der Waals surface area contributed by atoms with Crippen LogP contribution in [0, 0.1) is 6.92 Å². The van der Waals surface area contributed by atoms with Crippen molar-refractivity contribution in [1.29, 1.82) is 0 Å². The summed E-state index contributed by atoms with van der Waals surface area (Å²) in [5.41, 5.74) is 2.50. The number of fused-ring (bicyclic) bond motifs is 1. The molecule has 0 aliphatic carbocycles. The molecule has 0 amide bonds. The molecule has 0 spiro atoms. The fraction of sp³-hybridized carbons (Fsp3) is 0.238. The van der Waals surface area contributed by atoms with Gasteiger partial charge < -0.3 is 14.2 Å². The molecule has 5 heteroatoms. The largest absolute Gasteiger partial charge is 0.479 e. The van der Waals surface area contributed by atoms with Crippen LogP contribution in [0.4, 0.5) is 0 Å². The lowest BCUT2D eigenvalue weighted by atomic mass is 10.1. The Kier molecular flexibility index (Phi) is 5.07. The van der Waals surface area contributed by atoms with Crippen molar-refractivity contribution in [3.05, 3.63) is 64.9 Å². The molecule has 0 fully saturated rings. The summed E-state index contributed by atoms with van der Waals surface area (Å²) in [7, 11) is 0. The van der Waals surface area contributed by atoms with Crippen molar-refractivity contribution in [2.24, 2.45) is 0 Å². The minimum absolute atomic E-state index is 0.175. The van der Waals surface area contributed by atoms with E-state index in [0.29, 0.717) is 23.7 Å². The predicted molar refractivity (Wildman–Crippen MR) is 97.3 cm³/mol. The average Bonchev–Trinajstić information content (AvgIpc) is 2.92. The highest BCUT2D eigenvalue weighted by Crippen LogP contribution is 2.35. The number of hydrogen-bond acceptors (Lipinski definition) is 5. The van der Waals surface area contributed by atoms with Gasteiger partial charge in [-0.3, -0.25) is 4.79 Å². The fourth-order valence-corrected chi connectivity index (χ4v) is 2.57. The third-order valence-corrected chi connectivity index (χ3v) is 3.95. The molecule has 0 saturated heterocycles. The Morgan fingerprint density at radius 3 is 2.62 bits per heavy atom. The highest BCUT2D eigenvalue weighted by atomic mass is 16.6. The molecule has 3 rings (SSSR count). The SMILES string of the molecule is CCOC(=O)[C@H](C)Oc1ccc2c(c1)O/C(=C\c1ccc(C)cc1)C2=O.